The predicted molar refractivity (Wildman–Crippen MR) is 85.3 cm³/mol. The van der Waals surface area contributed by atoms with Crippen molar-refractivity contribution in [2.75, 3.05) is 5.32 Å². The number of para-hydroxylation sites is 1. The second-order valence-corrected chi connectivity index (χ2v) is 5.12. The number of unbranched alkanes of at least 4 members (excludes halogenated alkanes) is 2. The zero-order chi connectivity index (χ0) is 14.2. The number of rotatable bonds is 7. The van der Waals surface area contributed by atoms with Gasteiger partial charge in [0.25, 0.3) is 0 Å². The van der Waals surface area contributed by atoms with Crippen LogP contribution in [0.2, 0.25) is 0 Å². The first kappa shape index (κ1) is 14.6. The zero-order valence-electron chi connectivity index (χ0n) is 12.0. The highest BCUT2D eigenvalue weighted by molar-refractivity contribution is 5.59. The Morgan fingerprint density at radius 1 is 0.900 bits per heavy atom. The summed E-state index contributed by atoms with van der Waals surface area (Å²) in [7, 11) is 0. The maximum atomic E-state index is 10.1. The smallest absolute Gasteiger partial charge is 0.0790 e. The van der Waals surface area contributed by atoms with Crippen LogP contribution in [-0.2, 0) is 0 Å². The molecule has 0 saturated heterocycles. The molecule has 2 rings (SSSR count). The van der Waals surface area contributed by atoms with E-state index in [1.807, 2.05) is 54.6 Å². The molecule has 0 bridgehead atoms. The summed E-state index contributed by atoms with van der Waals surface area (Å²) in [5.41, 5.74) is 3.11. The van der Waals surface area contributed by atoms with Gasteiger partial charge in [0.05, 0.1) is 6.10 Å². The minimum atomic E-state index is -0.340. The van der Waals surface area contributed by atoms with E-state index in [4.69, 9.17) is 0 Å². The van der Waals surface area contributed by atoms with Gasteiger partial charge in [0.2, 0.25) is 0 Å². The van der Waals surface area contributed by atoms with Gasteiger partial charge in [-0.25, -0.2) is 0 Å². The molecule has 106 valence electrons. The molecule has 0 aromatic heterocycles. The molecule has 1 atom stereocenters. The van der Waals surface area contributed by atoms with E-state index in [-0.39, 0.29) is 6.10 Å². The normalized spacial score (nSPS) is 12.1. The summed E-state index contributed by atoms with van der Waals surface area (Å²) in [5, 5.41) is 13.4. The number of anilines is 2. The quantitative estimate of drug-likeness (QED) is 0.690. The molecule has 0 aliphatic rings. The van der Waals surface area contributed by atoms with Crippen molar-refractivity contribution in [2.45, 2.75) is 38.7 Å². The number of hydrogen-bond acceptors (Lipinski definition) is 2. The molecule has 0 amide bonds. The standard InChI is InChI=1S/C18H23NO/c1-2-3-5-10-18(20)15-11-13-17(14-12-15)19-16-8-6-4-7-9-16/h4,6-9,11-14,18-20H,2-3,5,10H2,1H3. The maximum Gasteiger partial charge on any atom is 0.0790 e. The Labute approximate surface area is 121 Å². The highest BCUT2D eigenvalue weighted by Crippen LogP contribution is 2.23. The molecule has 0 radical (unpaired) electrons. The lowest BCUT2D eigenvalue weighted by Gasteiger charge is -2.12. The molecule has 20 heavy (non-hydrogen) atoms. The fraction of sp³-hybridized carbons (Fsp3) is 0.333. The third kappa shape index (κ3) is 4.39. The fourth-order valence-corrected chi connectivity index (χ4v) is 2.23. The van der Waals surface area contributed by atoms with Crippen molar-refractivity contribution in [3.05, 3.63) is 60.2 Å². The molecule has 0 aliphatic carbocycles. The third-order valence-electron chi connectivity index (χ3n) is 3.44. The lowest BCUT2D eigenvalue weighted by molar-refractivity contribution is 0.163. The lowest BCUT2D eigenvalue weighted by atomic mass is 10.0. The molecular formula is C18H23NO. The third-order valence-corrected chi connectivity index (χ3v) is 3.44. The minimum Gasteiger partial charge on any atom is -0.388 e. The van der Waals surface area contributed by atoms with Crippen molar-refractivity contribution in [1.29, 1.82) is 0 Å². The SMILES string of the molecule is CCCCCC(O)c1ccc(Nc2ccccc2)cc1. The molecule has 1 unspecified atom stereocenters. The predicted octanol–water partition coefficient (Wildman–Crippen LogP) is 5.04. The Hall–Kier alpha value is -1.80. The summed E-state index contributed by atoms with van der Waals surface area (Å²) >= 11 is 0. The first-order valence-electron chi connectivity index (χ1n) is 7.39. The van der Waals surface area contributed by atoms with E-state index in [9.17, 15) is 5.11 Å². The van der Waals surface area contributed by atoms with Crippen LogP contribution in [0, 0.1) is 0 Å². The Kier molecular flexibility index (Phi) is 5.63. The number of nitrogens with one attached hydrogen (secondary N) is 1. The average Bonchev–Trinajstić information content (AvgIpc) is 2.49. The lowest BCUT2D eigenvalue weighted by Crippen LogP contribution is -1.98. The van der Waals surface area contributed by atoms with Gasteiger partial charge < -0.3 is 10.4 Å². The van der Waals surface area contributed by atoms with E-state index in [0.717, 1.165) is 29.8 Å². The fourth-order valence-electron chi connectivity index (χ4n) is 2.23. The van der Waals surface area contributed by atoms with Crippen molar-refractivity contribution in [3.63, 3.8) is 0 Å². The molecule has 2 N–H and O–H groups in total. The van der Waals surface area contributed by atoms with E-state index in [1.54, 1.807) is 0 Å². The van der Waals surface area contributed by atoms with Gasteiger partial charge in [0.15, 0.2) is 0 Å². The number of benzene rings is 2. The van der Waals surface area contributed by atoms with E-state index < -0.39 is 0 Å². The van der Waals surface area contributed by atoms with Gasteiger partial charge in [-0.05, 0) is 36.2 Å². The Morgan fingerprint density at radius 3 is 2.20 bits per heavy atom. The summed E-state index contributed by atoms with van der Waals surface area (Å²) in [5.74, 6) is 0. The first-order valence-corrected chi connectivity index (χ1v) is 7.39. The highest BCUT2D eigenvalue weighted by Gasteiger charge is 2.06. The molecule has 0 aliphatic heterocycles. The van der Waals surface area contributed by atoms with Crippen LogP contribution in [0.25, 0.3) is 0 Å². The van der Waals surface area contributed by atoms with Crippen LogP contribution in [0.5, 0.6) is 0 Å². The van der Waals surface area contributed by atoms with Gasteiger partial charge >= 0.3 is 0 Å². The first-order chi connectivity index (χ1) is 9.79. The molecule has 2 heteroatoms. The largest absolute Gasteiger partial charge is 0.388 e. The van der Waals surface area contributed by atoms with Crippen LogP contribution in [0.15, 0.2) is 54.6 Å². The van der Waals surface area contributed by atoms with Crippen LogP contribution < -0.4 is 5.32 Å². The van der Waals surface area contributed by atoms with Gasteiger partial charge in [0, 0.05) is 11.4 Å². The minimum absolute atomic E-state index is 0.340. The summed E-state index contributed by atoms with van der Waals surface area (Å²) in [6.07, 6.45) is 3.96. The van der Waals surface area contributed by atoms with Crippen LogP contribution in [0.3, 0.4) is 0 Å². The highest BCUT2D eigenvalue weighted by atomic mass is 16.3. The second-order valence-electron chi connectivity index (χ2n) is 5.12. The van der Waals surface area contributed by atoms with Gasteiger partial charge in [-0.3, -0.25) is 0 Å². The second kappa shape index (κ2) is 7.71. The molecule has 2 aromatic rings. The molecular weight excluding hydrogens is 246 g/mol. The number of aliphatic hydroxyl groups excluding tert-OH is 1. The Bertz CT molecular complexity index is 493. The molecule has 0 heterocycles. The van der Waals surface area contributed by atoms with Crippen molar-refractivity contribution >= 4 is 11.4 Å². The zero-order valence-corrected chi connectivity index (χ0v) is 12.0. The Balaban J connectivity index is 1.92. The number of hydrogen-bond donors (Lipinski definition) is 2. The average molecular weight is 269 g/mol. The summed E-state index contributed by atoms with van der Waals surface area (Å²) in [6.45, 7) is 2.18. The molecule has 2 aromatic carbocycles. The van der Waals surface area contributed by atoms with Crippen molar-refractivity contribution < 1.29 is 5.11 Å². The summed E-state index contributed by atoms with van der Waals surface area (Å²) < 4.78 is 0. The molecule has 0 saturated carbocycles. The van der Waals surface area contributed by atoms with Crippen LogP contribution in [-0.4, -0.2) is 5.11 Å². The van der Waals surface area contributed by atoms with Crippen LogP contribution in [0.1, 0.15) is 44.3 Å². The van der Waals surface area contributed by atoms with Gasteiger partial charge in [-0.15, -0.1) is 0 Å². The van der Waals surface area contributed by atoms with Gasteiger partial charge in [-0.1, -0.05) is 56.5 Å². The van der Waals surface area contributed by atoms with E-state index in [1.165, 1.54) is 12.8 Å². The van der Waals surface area contributed by atoms with Crippen LogP contribution >= 0.6 is 0 Å². The number of aliphatic hydroxyl groups is 1. The molecule has 0 fully saturated rings. The van der Waals surface area contributed by atoms with E-state index in [2.05, 4.69) is 12.2 Å². The summed E-state index contributed by atoms with van der Waals surface area (Å²) in [4.78, 5) is 0. The summed E-state index contributed by atoms with van der Waals surface area (Å²) in [6, 6.07) is 18.1. The monoisotopic (exact) mass is 269 g/mol. The van der Waals surface area contributed by atoms with E-state index >= 15 is 0 Å². The van der Waals surface area contributed by atoms with E-state index in [0.29, 0.717) is 0 Å². The molecule has 0 spiro atoms. The van der Waals surface area contributed by atoms with Gasteiger partial charge in [-0.2, -0.15) is 0 Å². The Morgan fingerprint density at radius 2 is 1.55 bits per heavy atom. The van der Waals surface area contributed by atoms with Crippen molar-refractivity contribution in [2.24, 2.45) is 0 Å². The topological polar surface area (TPSA) is 32.3 Å². The molecule has 2 nitrogen and oxygen atoms in total. The maximum absolute atomic E-state index is 10.1. The van der Waals surface area contributed by atoms with Gasteiger partial charge in [0.1, 0.15) is 0 Å². The van der Waals surface area contributed by atoms with Crippen molar-refractivity contribution in [3.8, 4) is 0 Å². The van der Waals surface area contributed by atoms with Crippen LogP contribution in [0.4, 0.5) is 11.4 Å². The van der Waals surface area contributed by atoms with Crippen molar-refractivity contribution in [1.82, 2.24) is 0 Å².